The Morgan fingerprint density at radius 2 is 1.96 bits per heavy atom. The molecule has 2 atom stereocenters. The molecule has 13 nitrogen and oxygen atoms in total. The highest BCUT2D eigenvalue weighted by molar-refractivity contribution is 5.95. The van der Waals surface area contributed by atoms with Crippen LogP contribution in [0.2, 0.25) is 0 Å². The summed E-state index contributed by atoms with van der Waals surface area (Å²) in [7, 11) is 0. The molecule has 3 aliphatic rings. The van der Waals surface area contributed by atoms with E-state index in [9.17, 15) is 14.4 Å². The van der Waals surface area contributed by atoms with Gasteiger partial charge < -0.3 is 34.5 Å². The van der Waals surface area contributed by atoms with Crippen LogP contribution < -0.4 is 25.0 Å². The molecule has 0 bridgehead atoms. The quantitative estimate of drug-likeness (QED) is 0.310. The minimum atomic E-state index is -0.537. The van der Waals surface area contributed by atoms with Crippen molar-refractivity contribution in [2.75, 3.05) is 43.1 Å². The molecule has 2 fully saturated rings. The normalized spacial score (nSPS) is 19.0. The number of benzene rings is 1. The zero-order valence-electron chi connectivity index (χ0n) is 26.2. The number of likely N-dealkylation sites (tertiary alicyclic amines) is 1. The Hall–Kier alpha value is -4.91. The Morgan fingerprint density at radius 3 is 2.76 bits per heavy atom. The molecule has 6 rings (SSSR count). The lowest BCUT2D eigenvalue weighted by Crippen LogP contribution is -2.55. The highest BCUT2D eigenvalue weighted by Crippen LogP contribution is 2.30. The number of hydrogen-bond donors (Lipinski definition) is 2. The standard InChI is InChI=1S/C33H38N6O7/c1-33(2,3)46-32(42)38-15-13-23(38)19-44-29-9-5-8-25(35-29)22-7-4-6-21(16-22)17-34-14-12-24-18-39(31(41)45-24)27-11-10-26-30(36-27)37-28(40)20-43-26/h4-11,16,23-24,34H,12-15,17-20H2,1-3H3,(H,36,37,40)/t23-,24+/m0/s1. The maximum atomic E-state index is 12.5. The van der Waals surface area contributed by atoms with Crippen molar-refractivity contribution in [3.05, 3.63) is 60.2 Å². The molecule has 0 radical (unpaired) electrons. The molecule has 242 valence electrons. The number of pyridine rings is 2. The molecule has 2 aromatic heterocycles. The molecular weight excluding hydrogens is 592 g/mol. The van der Waals surface area contributed by atoms with Gasteiger partial charge in [-0.25, -0.2) is 19.6 Å². The summed E-state index contributed by atoms with van der Waals surface area (Å²) in [6.07, 6.45) is 0.400. The number of ether oxygens (including phenoxy) is 4. The van der Waals surface area contributed by atoms with Crippen LogP contribution in [0, 0.1) is 0 Å². The molecule has 1 aromatic carbocycles. The van der Waals surface area contributed by atoms with Gasteiger partial charge in [0.1, 0.15) is 24.1 Å². The second-order valence-corrected chi connectivity index (χ2v) is 12.4. The molecule has 46 heavy (non-hydrogen) atoms. The molecule has 3 aromatic rings. The third-order valence-electron chi connectivity index (χ3n) is 7.72. The smallest absolute Gasteiger partial charge is 0.415 e. The number of nitrogens with zero attached hydrogens (tertiary/aromatic N) is 4. The molecule has 3 amide bonds. The first-order valence-corrected chi connectivity index (χ1v) is 15.4. The average molecular weight is 631 g/mol. The first-order valence-electron chi connectivity index (χ1n) is 15.4. The predicted octanol–water partition coefficient (Wildman–Crippen LogP) is 4.37. The van der Waals surface area contributed by atoms with Crippen molar-refractivity contribution in [2.45, 2.75) is 57.9 Å². The van der Waals surface area contributed by atoms with Gasteiger partial charge in [0.2, 0.25) is 5.88 Å². The number of rotatable bonds is 10. The largest absolute Gasteiger partial charge is 0.480 e. The molecule has 2 N–H and O–H groups in total. The molecule has 0 spiro atoms. The summed E-state index contributed by atoms with van der Waals surface area (Å²) in [5.74, 6) is 1.37. The van der Waals surface area contributed by atoms with E-state index >= 15 is 0 Å². The first-order chi connectivity index (χ1) is 22.1. The van der Waals surface area contributed by atoms with Crippen LogP contribution in [-0.4, -0.2) is 83.6 Å². The average Bonchev–Trinajstić information content (AvgIpc) is 3.38. The number of carbonyl (C=O) groups is 3. The summed E-state index contributed by atoms with van der Waals surface area (Å²) in [6, 6.07) is 17.1. The number of amides is 3. The molecule has 0 unspecified atom stereocenters. The van der Waals surface area contributed by atoms with Gasteiger partial charge in [0.15, 0.2) is 18.2 Å². The van der Waals surface area contributed by atoms with E-state index in [0.29, 0.717) is 62.5 Å². The number of fused-ring (bicyclic) bond motifs is 1. The monoisotopic (exact) mass is 630 g/mol. The van der Waals surface area contributed by atoms with Crippen LogP contribution >= 0.6 is 0 Å². The topological polar surface area (TPSA) is 144 Å². The minimum Gasteiger partial charge on any atom is -0.480 e. The van der Waals surface area contributed by atoms with E-state index in [2.05, 4.69) is 21.7 Å². The molecule has 5 heterocycles. The molecule has 2 saturated heterocycles. The molecule has 0 saturated carbocycles. The zero-order valence-corrected chi connectivity index (χ0v) is 26.2. The molecular formula is C33H38N6O7. The second kappa shape index (κ2) is 13.2. The van der Waals surface area contributed by atoms with E-state index in [1.54, 1.807) is 17.0 Å². The van der Waals surface area contributed by atoms with Gasteiger partial charge in [-0.2, -0.15) is 0 Å². The van der Waals surface area contributed by atoms with Crippen LogP contribution in [0.5, 0.6) is 11.6 Å². The fourth-order valence-electron chi connectivity index (χ4n) is 5.31. The van der Waals surface area contributed by atoms with Crippen molar-refractivity contribution in [3.8, 4) is 22.9 Å². The van der Waals surface area contributed by atoms with Crippen LogP contribution in [0.15, 0.2) is 54.6 Å². The summed E-state index contributed by atoms with van der Waals surface area (Å²) >= 11 is 0. The Balaban J connectivity index is 0.968. The van der Waals surface area contributed by atoms with Crippen LogP contribution in [-0.2, 0) is 20.8 Å². The highest BCUT2D eigenvalue weighted by Gasteiger charge is 2.36. The van der Waals surface area contributed by atoms with E-state index < -0.39 is 11.7 Å². The summed E-state index contributed by atoms with van der Waals surface area (Å²) in [5, 5.41) is 6.09. The van der Waals surface area contributed by atoms with Gasteiger partial charge in [0.25, 0.3) is 5.91 Å². The Morgan fingerprint density at radius 1 is 1.11 bits per heavy atom. The van der Waals surface area contributed by atoms with Crippen molar-refractivity contribution in [1.82, 2.24) is 20.2 Å². The molecule has 0 aliphatic carbocycles. The number of hydrogen-bond acceptors (Lipinski definition) is 10. The maximum Gasteiger partial charge on any atom is 0.415 e. The van der Waals surface area contributed by atoms with Crippen molar-refractivity contribution in [1.29, 1.82) is 0 Å². The fourth-order valence-corrected chi connectivity index (χ4v) is 5.31. The molecule has 3 aliphatic heterocycles. The predicted molar refractivity (Wildman–Crippen MR) is 169 cm³/mol. The van der Waals surface area contributed by atoms with Gasteiger partial charge in [0, 0.05) is 24.7 Å². The van der Waals surface area contributed by atoms with Gasteiger partial charge in [-0.05, 0) is 70.0 Å². The third-order valence-corrected chi connectivity index (χ3v) is 7.72. The van der Waals surface area contributed by atoms with Gasteiger partial charge in [-0.3, -0.25) is 9.69 Å². The van der Waals surface area contributed by atoms with Crippen LogP contribution in [0.4, 0.5) is 21.2 Å². The summed E-state index contributed by atoms with van der Waals surface area (Å²) in [6.45, 7) is 8.15. The Bertz CT molecular complexity index is 1610. The van der Waals surface area contributed by atoms with Gasteiger partial charge in [-0.15, -0.1) is 0 Å². The number of anilines is 2. The summed E-state index contributed by atoms with van der Waals surface area (Å²) in [5.41, 5.74) is 2.30. The van der Waals surface area contributed by atoms with Gasteiger partial charge in [-0.1, -0.05) is 24.3 Å². The van der Waals surface area contributed by atoms with E-state index in [0.717, 1.165) is 23.2 Å². The highest BCUT2D eigenvalue weighted by atomic mass is 16.6. The van der Waals surface area contributed by atoms with Crippen LogP contribution in [0.25, 0.3) is 11.3 Å². The van der Waals surface area contributed by atoms with Crippen molar-refractivity contribution >= 4 is 29.7 Å². The van der Waals surface area contributed by atoms with Crippen molar-refractivity contribution in [2.24, 2.45) is 0 Å². The van der Waals surface area contributed by atoms with E-state index in [4.69, 9.17) is 23.9 Å². The van der Waals surface area contributed by atoms with Crippen LogP contribution in [0.3, 0.4) is 0 Å². The fraction of sp³-hybridized carbons (Fsp3) is 0.424. The lowest BCUT2D eigenvalue weighted by molar-refractivity contribution is -0.118. The number of nitrogens with one attached hydrogen (secondary N) is 2. The number of aromatic nitrogens is 2. The van der Waals surface area contributed by atoms with Crippen molar-refractivity contribution < 1.29 is 33.3 Å². The lowest BCUT2D eigenvalue weighted by Gasteiger charge is -2.40. The van der Waals surface area contributed by atoms with E-state index in [-0.39, 0.29) is 30.8 Å². The molecule has 13 heteroatoms. The zero-order chi connectivity index (χ0) is 32.3. The Labute approximate surface area is 267 Å². The maximum absolute atomic E-state index is 12.5. The lowest BCUT2D eigenvalue weighted by atomic mass is 10.1. The number of cyclic esters (lactones) is 1. The van der Waals surface area contributed by atoms with Gasteiger partial charge >= 0.3 is 12.2 Å². The van der Waals surface area contributed by atoms with E-state index in [1.165, 1.54) is 4.90 Å². The summed E-state index contributed by atoms with van der Waals surface area (Å²) < 4.78 is 22.4. The summed E-state index contributed by atoms with van der Waals surface area (Å²) in [4.78, 5) is 48.8. The number of carbonyl (C=O) groups excluding carboxylic acids is 3. The van der Waals surface area contributed by atoms with E-state index in [1.807, 2.05) is 57.2 Å². The minimum absolute atomic E-state index is 0.0369. The second-order valence-electron chi connectivity index (χ2n) is 12.4. The SMILES string of the molecule is CC(C)(C)OC(=O)N1CC[C@H]1COc1cccc(-c2cccc(CNCC[C@@H]3CN(c4ccc5c(n4)NC(=O)CO5)C(=O)O3)c2)n1. The Kier molecular flexibility index (Phi) is 8.93. The van der Waals surface area contributed by atoms with Crippen LogP contribution in [0.1, 0.15) is 39.2 Å². The van der Waals surface area contributed by atoms with Crippen molar-refractivity contribution in [3.63, 3.8) is 0 Å². The first kappa shape index (κ1) is 31.1. The van der Waals surface area contributed by atoms with Gasteiger partial charge in [0.05, 0.1) is 18.3 Å². The third kappa shape index (κ3) is 7.48.